The standard InChI is InChI=1S/C18H26N2O3/c1-13(21)15-5-6-17(23-2)16(10-15)11-18(22)20-9-7-14-4-3-8-19-12-14/h5-6,10,14,19H,3-4,7-9,11-12H2,1-2H3,(H,20,22). The number of carbonyl (C=O) groups excluding carboxylic acids is 2. The van der Waals surface area contributed by atoms with Crippen LogP contribution in [0.5, 0.6) is 5.75 Å². The Bertz CT molecular complexity index is 551. The first-order valence-electron chi connectivity index (χ1n) is 8.25. The fourth-order valence-corrected chi connectivity index (χ4v) is 2.96. The maximum absolute atomic E-state index is 12.1. The van der Waals surface area contributed by atoms with Crippen molar-refractivity contribution in [3.05, 3.63) is 29.3 Å². The van der Waals surface area contributed by atoms with Crippen LogP contribution in [0.1, 0.15) is 42.1 Å². The van der Waals surface area contributed by atoms with Gasteiger partial charge >= 0.3 is 0 Å². The van der Waals surface area contributed by atoms with E-state index in [4.69, 9.17) is 4.74 Å². The number of ketones is 1. The Kier molecular flexibility index (Phi) is 6.59. The molecule has 0 aromatic heterocycles. The monoisotopic (exact) mass is 318 g/mol. The number of nitrogens with one attached hydrogen (secondary N) is 2. The average Bonchev–Trinajstić information content (AvgIpc) is 2.55. The van der Waals surface area contributed by atoms with Gasteiger partial charge in [-0.25, -0.2) is 0 Å². The summed E-state index contributed by atoms with van der Waals surface area (Å²) >= 11 is 0. The van der Waals surface area contributed by atoms with Gasteiger partial charge in [0.2, 0.25) is 5.91 Å². The molecule has 126 valence electrons. The summed E-state index contributed by atoms with van der Waals surface area (Å²) in [5, 5.41) is 6.35. The number of benzene rings is 1. The first kappa shape index (κ1) is 17.5. The number of piperidine rings is 1. The molecule has 5 nitrogen and oxygen atoms in total. The van der Waals surface area contributed by atoms with Gasteiger partial charge in [-0.1, -0.05) is 0 Å². The Morgan fingerprint density at radius 2 is 2.22 bits per heavy atom. The number of Topliss-reactive ketones (excluding diaryl/α,β-unsaturated/α-hetero) is 1. The molecule has 2 rings (SSSR count). The number of amides is 1. The van der Waals surface area contributed by atoms with E-state index in [0.717, 1.165) is 25.1 Å². The van der Waals surface area contributed by atoms with E-state index >= 15 is 0 Å². The molecular formula is C18H26N2O3. The summed E-state index contributed by atoms with van der Waals surface area (Å²) < 4.78 is 5.28. The van der Waals surface area contributed by atoms with Crippen LogP contribution >= 0.6 is 0 Å². The van der Waals surface area contributed by atoms with Crippen molar-refractivity contribution in [3.8, 4) is 5.75 Å². The van der Waals surface area contributed by atoms with E-state index in [-0.39, 0.29) is 18.1 Å². The van der Waals surface area contributed by atoms with Crippen LogP contribution in [0.3, 0.4) is 0 Å². The summed E-state index contributed by atoms with van der Waals surface area (Å²) in [6.45, 7) is 4.36. The van der Waals surface area contributed by atoms with Gasteiger partial charge in [0, 0.05) is 17.7 Å². The molecule has 0 saturated carbocycles. The third-order valence-corrected chi connectivity index (χ3v) is 4.31. The number of ether oxygens (including phenoxy) is 1. The van der Waals surface area contributed by atoms with Crippen LogP contribution in [-0.4, -0.2) is 38.4 Å². The largest absolute Gasteiger partial charge is 0.496 e. The SMILES string of the molecule is COc1ccc(C(C)=O)cc1CC(=O)NCCC1CCCNC1. The molecule has 1 aromatic carbocycles. The van der Waals surface area contributed by atoms with Gasteiger partial charge in [-0.05, 0) is 63.4 Å². The van der Waals surface area contributed by atoms with Crippen LogP contribution in [0.25, 0.3) is 0 Å². The number of rotatable bonds is 7. The minimum atomic E-state index is -0.0345. The minimum Gasteiger partial charge on any atom is -0.496 e. The first-order valence-corrected chi connectivity index (χ1v) is 8.25. The van der Waals surface area contributed by atoms with Crippen LogP contribution in [-0.2, 0) is 11.2 Å². The van der Waals surface area contributed by atoms with Crippen LogP contribution in [0.4, 0.5) is 0 Å². The van der Waals surface area contributed by atoms with Crippen molar-refractivity contribution in [3.63, 3.8) is 0 Å². The molecule has 1 unspecified atom stereocenters. The molecule has 0 bridgehead atoms. The lowest BCUT2D eigenvalue weighted by Gasteiger charge is -2.22. The van der Waals surface area contributed by atoms with E-state index in [0.29, 0.717) is 23.8 Å². The smallest absolute Gasteiger partial charge is 0.224 e. The van der Waals surface area contributed by atoms with Crippen molar-refractivity contribution in [1.29, 1.82) is 0 Å². The molecule has 1 fully saturated rings. The Balaban J connectivity index is 1.86. The maximum atomic E-state index is 12.1. The first-order chi connectivity index (χ1) is 11.1. The van der Waals surface area contributed by atoms with Gasteiger partial charge in [-0.2, -0.15) is 0 Å². The Morgan fingerprint density at radius 3 is 2.87 bits per heavy atom. The lowest BCUT2D eigenvalue weighted by Crippen LogP contribution is -2.33. The van der Waals surface area contributed by atoms with Crippen LogP contribution in [0.2, 0.25) is 0 Å². The van der Waals surface area contributed by atoms with Gasteiger partial charge < -0.3 is 15.4 Å². The summed E-state index contributed by atoms with van der Waals surface area (Å²) in [6.07, 6.45) is 3.68. The molecule has 1 amide bonds. The molecule has 1 aromatic rings. The zero-order chi connectivity index (χ0) is 16.7. The van der Waals surface area contributed by atoms with Gasteiger partial charge in [-0.3, -0.25) is 9.59 Å². The molecule has 1 aliphatic rings. The van der Waals surface area contributed by atoms with Crippen molar-refractivity contribution >= 4 is 11.7 Å². The van der Waals surface area contributed by atoms with Crippen molar-refractivity contribution in [1.82, 2.24) is 10.6 Å². The highest BCUT2D eigenvalue weighted by Gasteiger charge is 2.14. The normalized spacial score (nSPS) is 17.6. The van der Waals surface area contributed by atoms with Gasteiger partial charge in [0.25, 0.3) is 0 Å². The topological polar surface area (TPSA) is 67.4 Å². The molecule has 2 N–H and O–H groups in total. The predicted octanol–water partition coefficient (Wildman–Crippen LogP) is 1.95. The maximum Gasteiger partial charge on any atom is 0.224 e. The van der Waals surface area contributed by atoms with Crippen LogP contribution in [0.15, 0.2) is 18.2 Å². The molecule has 23 heavy (non-hydrogen) atoms. The molecular weight excluding hydrogens is 292 g/mol. The van der Waals surface area contributed by atoms with Crippen molar-refractivity contribution in [2.24, 2.45) is 5.92 Å². The summed E-state index contributed by atoms with van der Waals surface area (Å²) in [7, 11) is 1.57. The predicted molar refractivity (Wildman–Crippen MR) is 89.9 cm³/mol. The molecule has 0 spiro atoms. The van der Waals surface area contributed by atoms with E-state index in [1.165, 1.54) is 19.8 Å². The Labute approximate surface area is 137 Å². The second-order valence-corrected chi connectivity index (χ2v) is 6.11. The lowest BCUT2D eigenvalue weighted by atomic mass is 9.96. The van der Waals surface area contributed by atoms with Crippen LogP contribution in [0, 0.1) is 5.92 Å². The van der Waals surface area contributed by atoms with E-state index < -0.39 is 0 Å². The second-order valence-electron chi connectivity index (χ2n) is 6.11. The molecule has 0 radical (unpaired) electrons. The van der Waals surface area contributed by atoms with Gasteiger partial charge in [-0.15, -0.1) is 0 Å². The van der Waals surface area contributed by atoms with Crippen molar-refractivity contribution in [2.75, 3.05) is 26.7 Å². The Morgan fingerprint density at radius 1 is 1.39 bits per heavy atom. The van der Waals surface area contributed by atoms with Crippen LogP contribution < -0.4 is 15.4 Å². The molecule has 0 aliphatic carbocycles. The highest BCUT2D eigenvalue weighted by atomic mass is 16.5. The average molecular weight is 318 g/mol. The number of methoxy groups -OCH3 is 1. The summed E-state index contributed by atoms with van der Waals surface area (Å²) in [5.41, 5.74) is 1.35. The fourth-order valence-electron chi connectivity index (χ4n) is 2.96. The third kappa shape index (κ3) is 5.36. The van der Waals surface area contributed by atoms with E-state index in [2.05, 4.69) is 10.6 Å². The zero-order valence-electron chi connectivity index (χ0n) is 14.0. The summed E-state index contributed by atoms with van der Waals surface area (Å²) in [5.74, 6) is 1.24. The second kappa shape index (κ2) is 8.67. The summed E-state index contributed by atoms with van der Waals surface area (Å²) in [6, 6.07) is 5.21. The third-order valence-electron chi connectivity index (χ3n) is 4.31. The molecule has 1 heterocycles. The molecule has 5 heteroatoms. The quantitative estimate of drug-likeness (QED) is 0.754. The van der Waals surface area contributed by atoms with E-state index in [1.807, 2.05) is 0 Å². The highest BCUT2D eigenvalue weighted by molar-refractivity contribution is 5.94. The van der Waals surface area contributed by atoms with Crippen molar-refractivity contribution < 1.29 is 14.3 Å². The van der Waals surface area contributed by atoms with Gasteiger partial charge in [0.05, 0.1) is 13.5 Å². The molecule has 1 saturated heterocycles. The molecule has 1 aliphatic heterocycles. The van der Waals surface area contributed by atoms with E-state index in [1.54, 1.807) is 25.3 Å². The number of hydrogen-bond acceptors (Lipinski definition) is 4. The minimum absolute atomic E-state index is 0.0147. The van der Waals surface area contributed by atoms with Gasteiger partial charge in [0.15, 0.2) is 5.78 Å². The summed E-state index contributed by atoms with van der Waals surface area (Å²) in [4.78, 5) is 23.6. The van der Waals surface area contributed by atoms with Gasteiger partial charge in [0.1, 0.15) is 5.75 Å². The lowest BCUT2D eigenvalue weighted by molar-refractivity contribution is -0.120. The van der Waals surface area contributed by atoms with E-state index in [9.17, 15) is 9.59 Å². The number of carbonyl (C=O) groups is 2. The number of hydrogen-bond donors (Lipinski definition) is 2. The highest BCUT2D eigenvalue weighted by Crippen LogP contribution is 2.21. The molecule has 1 atom stereocenters. The fraction of sp³-hybridized carbons (Fsp3) is 0.556. The zero-order valence-corrected chi connectivity index (χ0v) is 14.0. The van der Waals surface area contributed by atoms with Crippen molar-refractivity contribution in [2.45, 2.75) is 32.6 Å². The Hall–Kier alpha value is -1.88.